The normalized spacial score (nSPS) is 11.7. The van der Waals surface area contributed by atoms with E-state index < -0.39 is 5.97 Å². The fourth-order valence-corrected chi connectivity index (χ4v) is 1.10. The predicted molar refractivity (Wildman–Crippen MR) is 60.5 cm³/mol. The number of allylic oxidation sites excluding steroid dienone is 1. The molecule has 0 heterocycles. The minimum absolute atomic E-state index is 0.0925. The van der Waals surface area contributed by atoms with Crippen molar-refractivity contribution in [1.29, 1.82) is 0 Å². The molecule has 16 heavy (non-hydrogen) atoms. The molecule has 0 unspecified atom stereocenters. The van der Waals surface area contributed by atoms with E-state index in [-0.39, 0.29) is 12.3 Å². The zero-order valence-corrected chi connectivity index (χ0v) is 8.96. The van der Waals surface area contributed by atoms with Crippen LogP contribution in [0.5, 0.6) is 0 Å². The van der Waals surface area contributed by atoms with Crippen molar-refractivity contribution in [2.45, 2.75) is 6.92 Å². The van der Waals surface area contributed by atoms with Crippen molar-refractivity contribution in [3.05, 3.63) is 48.0 Å². The summed E-state index contributed by atoms with van der Waals surface area (Å²) < 4.78 is 4.87. The van der Waals surface area contributed by atoms with E-state index in [1.165, 1.54) is 0 Å². The first-order valence-corrected chi connectivity index (χ1v) is 4.85. The SMILES string of the molecule is C/C=C/COC(=O)/C(=N\O)c1ccccc1. The first-order chi connectivity index (χ1) is 7.79. The molecule has 84 valence electrons. The average Bonchev–Trinajstić information content (AvgIpc) is 2.32. The van der Waals surface area contributed by atoms with Gasteiger partial charge in [-0.15, -0.1) is 0 Å². The first kappa shape index (κ1) is 12.0. The van der Waals surface area contributed by atoms with E-state index in [1.54, 1.807) is 36.4 Å². The minimum Gasteiger partial charge on any atom is -0.457 e. The summed E-state index contributed by atoms with van der Waals surface area (Å²) in [5.41, 5.74) is 0.431. The molecule has 0 atom stereocenters. The van der Waals surface area contributed by atoms with Crippen LogP contribution in [0.2, 0.25) is 0 Å². The first-order valence-electron chi connectivity index (χ1n) is 4.85. The van der Waals surface area contributed by atoms with Gasteiger partial charge < -0.3 is 9.94 Å². The molecule has 0 aliphatic heterocycles. The van der Waals surface area contributed by atoms with Crippen molar-refractivity contribution < 1.29 is 14.7 Å². The zero-order valence-electron chi connectivity index (χ0n) is 8.96. The topological polar surface area (TPSA) is 58.9 Å². The van der Waals surface area contributed by atoms with Crippen LogP contribution in [-0.4, -0.2) is 23.5 Å². The largest absolute Gasteiger partial charge is 0.457 e. The Kier molecular flexibility index (Phi) is 4.79. The summed E-state index contributed by atoms with van der Waals surface area (Å²) in [6.45, 7) is 1.99. The van der Waals surface area contributed by atoms with Crippen LogP contribution in [0.25, 0.3) is 0 Å². The number of oxime groups is 1. The lowest BCUT2D eigenvalue weighted by atomic mass is 10.1. The Morgan fingerprint density at radius 1 is 1.44 bits per heavy atom. The number of esters is 1. The quantitative estimate of drug-likeness (QED) is 0.277. The molecule has 1 rings (SSSR count). The highest BCUT2D eigenvalue weighted by atomic mass is 16.5. The van der Waals surface area contributed by atoms with Gasteiger partial charge in [-0.25, -0.2) is 4.79 Å². The van der Waals surface area contributed by atoms with E-state index in [4.69, 9.17) is 9.94 Å². The third kappa shape index (κ3) is 3.24. The number of ether oxygens (including phenoxy) is 1. The highest BCUT2D eigenvalue weighted by Crippen LogP contribution is 2.02. The summed E-state index contributed by atoms with van der Waals surface area (Å²) in [5, 5.41) is 11.7. The fraction of sp³-hybridized carbons (Fsp3) is 0.167. The summed E-state index contributed by atoms with van der Waals surface area (Å²) >= 11 is 0. The molecule has 0 aliphatic rings. The number of nitrogens with zero attached hydrogens (tertiary/aromatic N) is 1. The van der Waals surface area contributed by atoms with Crippen molar-refractivity contribution in [2.75, 3.05) is 6.61 Å². The second-order valence-corrected chi connectivity index (χ2v) is 2.98. The van der Waals surface area contributed by atoms with Gasteiger partial charge in [-0.2, -0.15) is 0 Å². The van der Waals surface area contributed by atoms with Crippen molar-refractivity contribution in [3.8, 4) is 0 Å². The molecular formula is C12H13NO3. The minimum atomic E-state index is -0.646. The molecule has 0 spiro atoms. The maximum Gasteiger partial charge on any atom is 0.361 e. The van der Waals surface area contributed by atoms with Crippen LogP contribution in [0.15, 0.2) is 47.6 Å². The maximum atomic E-state index is 11.5. The average molecular weight is 219 g/mol. The van der Waals surface area contributed by atoms with Crippen LogP contribution >= 0.6 is 0 Å². The molecule has 0 saturated carbocycles. The smallest absolute Gasteiger partial charge is 0.361 e. The number of carbonyl (C=O) groups excluding carboxylic acids is 1. The summed E-state index contributed by atoms with van der Waals surface area (Å²) in [5.74, 6) is -0.646. The lowest BCUT2D eigenvalue weighted by molar-refractivity contribution is -0.134. The molecule has 0 aliphatic carbocycles. The number of hydrogen-bond donors (Lipinski definition) is 1. The van der Waals surface area contributed by atoms with Gasteiger partial charge in [0, 0.05) is 5.56 Å². The Morgan fingerprint density at radius 2 is 2.12 bits per heavy atom. The van der Waals surface area contributed by atoms with Gasteiger partial charge in [-0.3, -0.25) is 0 Å². The van der Waals surface area contributed by atoms with Gasteiger partial charge in [0.25, 0.3) is 0 Å². The van der Waals surface area contributed by atoms with Crippen LogP contribution in [-0.2, 0) is 9.53 Å². The maximum absolute atomic E-state index is 11.5. The van der Waals surface area contributed by atoms with E-state index in [9.17, 15) is 4.79 Å². The van der Waals surface area contributed by atoms with E-state index in [1.807, 2.05) is 13.0 Å². The molecule has 4 nitrogen and oxygen atoms in total. The predicted octanol–water partition coefficient (Wildman–Crippen LogP) is 1.98. The Bertz CT molecular complexity index is 396. The van der Waals surface area contributed by atoms with Gasteiger partial charge in [0.2, 0.25) is 0 Å². The molecule has 0 saturated heterocycles. The number of benzene rings is 1. The second kappa shape index (κ2) is 6.40. The molecule has 0 aromatic heterocycles. The lowest BCUT2D eigenvalue weighted by Gasteiger charge is -2.03. The van der Waals surface area contributed by atoms with Gasteiger partial charge in [0.1, 0.15) is 6.61 Å². The van der Waals surface area contributed by atoms with E-state index >= 15 is 0 Å². The Labute approximate surface area is 93.9 Å². The van der Waals surface area contributed by atoms with Crippen LogP contribution in [0.1, 0.15) is 12.5 Å². The molecule has 0 bridgehead atoms. The van der Waals surface area contributed by atoms with Gasteiger partial charge in [0.15, 0.2) is 5.71 Å². The summed E-state index contributed by atoms with van der Waals surface area (Å²) in [6, 6.07) is 8.65. The molecule has 1 aromatic rings. The van der Waals surface area contributed by atoms with Crippen molar-refractivity contribution >= 4 is 11.7 Å². The molecule has 1 aromatic carbocycles. The second-order valence-electron chi connectivity index (χ2n) is 2.98. The molecule has 4 heteroatoms. The van der Waals surface area contributed by atoms with E-state index in [0.717, 1.165) is 0 Å². The Hall–Kier alpha value is -2.10. The van der Waals surface area contributed by atoms with E-state index in [0.29, 0.717) is 5.56 Å². The number of hydrogen-bond acceptors (Lipinski definition) is 4. The Morgan fingerprint density at radius 3 is 2.69 bits per heavy atom. The zero-order chi connectivity index (χ0) is 11.8. The lowest BCUT2D eigenvalue weighted by Crippen LogP contribution is -2.18. The third-order valence-corrected chi connectivity index (χ3v) is 1.89. The Balaban J connectivity index is 2.73. The monoisotopic (exact) mass is 219 g/mol. The van der Waals surface area contributed by atoms with E-state index in [2.05, 4.69) is 5.16 Å². The highest BCUT2D eigenvalue weighted by Gasteiger charge is 2.15. The van der Waals surface area contributed by atoms with Crippen LogP contribution < -0.4 is 0 Å². The fourth-order valence-electron chi connectivity index (χ4n) is 1.10. The summed E-state index contributed by atoms with van der Waals surface area (Å²) in [6.07, 6.45) is 3.46. The van der Waals surface area contributed by atoms with Crippen molar-refractivity contribution in [2.24, 2.45) is 5.16 Å². The van der Waals surface area contributed by atoms with Crippen molar-refractivity contribution in [3.63, 3.8) is 0 Å². The molecule has 1 N–H and O–H groups in total. The highest BCUT2D eigenvalue weighted by molar-refractivity contribution is 6.43. The van der Waals surface area contributed by atoms with Gasteiger partial charge in [-0.1, -0.05) is 47.6 Å². The van der Waals surface area contributed by atoms with Crippen molar-refractivity contribution in [1.82, 2.24) is 0 Å². The van der Waals surface area contributed by atoms with Crippen LogP contribution in [0, 0.1) is 0 Å². The third-order valence-electron chi connectivity index (χ3n) is 1.89. The van der Waals surface area contributed by atoms with Crippen LogP contribution in [0.3, 0.4) is 0 Å². The standard InChI is InChI=1S/C12H13NO3/c1-2-3-9-16-12(14)11(13-15)10-7-5-4-6-8-10/h2-8,15H,9H2,1H3/b3-2+,13-11-. The summed E-state index contributed by atoms with van der Waals surface area (Å²) in [4.78, 5) is 11.5. The number of carbonyl (C=O) groups is 1. The van der Waals surface area contributed by atoms with Gasteiger partial charge in [-0.05, 0) is 6.92 Å². The molecule has 0 amide bonds. The van der Waals surface area contributed by atoms with Gasteiger partial charge in [0.05, 0.1) is 0 Å². The van der Waals surface area contributed by atoms with Gasteiger partial charge >= 0.3 is 5.97 Å². The summed E-state index contributed by atoms with van der Waals surface area (Å²) in [7, 11) is 0. The number of rotatable bonds is 4. The molecular weight excluding hydrogens is 206 g/mol. The molecule has 0 fully saturated rings. The van der Waals surface area contributed by atoms with Crippen LogP contribution in [0.4, 0.5) is 0 Å². The molecule has 0 radical (unpaired) electrons.